The maximum absolute atomic E-state index is 13.9. The topological polar surface area (TPSA) is 59.1 Å². The van der Waals surface area contributed by atoms with Crippen molar-refractivity contribution in [1.82, 2.24) is 0 Å². The van der Waals surface area contributed by atoms with Crippen molar-refractivity contribution >= 4 is 5.84 Å². The predicted octanol–water partition coefficient (Wildman–Crippen LogP) is 2.83. The van der Waals surface area contributed by atoms with Crippen LogP contribution in [-0.2, 0) is 6.61 Å². The first-order valence-electron chi connectivity index (χ1n) is 5.58. The molecule has 0 unspecified atom stereocenters. The zero-order valence-electron chi connectivity index (χ0n) is 9.99. The lowest BCUT2D eigenvalue weighted by atomic mass is 10.1. The minimum Gasteiger partial charge on any atom is -0.489 e. The van der Waals surface area contributed by atoms with Gasteiger partial charge in [0.2, 0.25) is 0 Å². The highest BCUT2D eigenvalue weighted by Gasteiger charge is 2.10. The van der Waals surface area contributed by atoms with E-state index in [1.165, 1.54) is 30.3 Å². The first-order chi connectivity index (χ1) is 9.08. The van der Waals surface area contributed by atoms with Crippen LogP contribution in [0.1, 0.15) is 11.1 Å². The van der Waals surface area contributed by atoms with Crippen LogP contribution in [0.5, 0.6) is 5.75 Å². The van der Waals surface area contributed by atoms with Crippen LogP contribution in [0.3, 0.4) is 0 Å². The molecule has 0 amide bonds. The first-order valence-corrected chi connectivity index (χ1v) is 5.58. The van der Waals surface area contributed by atoms with Gasteiger partial charge < -0.3 is 10.5 Å². The minimum atomic E-state index is -0.591. The van der Waals surface area contributed by atoms with Crippen molar-refractivity contribution in [3.63, 3.8) is 0 Å². The number of halogens is 2. The Morgan fingerprint density at radius 3 is 2.58 bits per heavy atom. The minimum absolute atomic E-state index is 0.0281. The van der Waals surface area contributed by atoms with Gasteiger partial charge in [-0.3, -0.25) is 5.41 Å². The Balaban J connectivity index is 2.16. The molecule has 0 heterocycles. The molecule has 2 rings (SSSR count). The quantitative estimate of drug-likeness (QED) is 0.657. The highest BCUT2D eigenvalue weighted by molar-refractivity contribution is 5.95. The van der Waals surface area contributed by atoms with E-state index in [-0.39, 0.29) is 23.6 Å². The summed E-state index contributed by atoms with van der Waals surface area (Å²) in [6.45, 7) is -0.0591. The Morgan fingerprint density at radius 1 is 1.16 bits per heavy atom. The number of amidine groups is 1. The van der Waals surface area contributed by atoms with Crippen molar-refractivity contribution in [1.29, 1.82) is 5.41 Å². The Labute approximate surface area is 109 Å². The number of ether oxygens (including phenoxy) is 1. The van der Waals surface area contributed by atoms with Gasteiger partial charge in [0.1, 0.15) is 29.8 Å². The standard InChI is InChI=1S/C14H12F2N2O/c15-10-4-2-5-11(7-10)19-8-9-3-1-6-12(13(9)16)14(17)18/h1-7H,8H2,(H3,17,18). The Bertz CT molecular complexity index is 614. The highest BCUT2D eigenvalue weighted by Crippen LogP contribution is 2.17. The predicted molar refractivity (Wildman–Crippen MR) is 68.1 cm³/mol. The van der Waals surface area contributed by atoms with Gasteiger partial charge in [0.25, 0.3) is 0 Å². The molecule has 0 bridgehead atoms. The molecule has 3 N–H and O–H groups in total. The van der Waals surface area contributed by atoms with Crippen LogP contribution >= 0.6 is 0 Å². The molecule has 0 fully saturated rings. The number of nitrogens with two attached hydrogens (primary N) is 1. The highest BCUT2D eigenvalue weighted by atomic mass is 19.1. The van der Waals surface area contributed by atoms with Crippen LogP contribution in [-0.4, -0.2) is 5.84 Å². The average molecular weight is 262 g/mol. The summed E-state index contributed by atoms with van der Waals surface area (Å²) < 4.78 is 32.2. The third-order valence-electron chi connectivity index (χ3n) is 2.56. The molecule has 0 aliphatic carbocycles. The van der Waals surface area contributed by atoms with E-state index in [0.717, 1.165) is 0 Å². The van der Waals surface area contributed by atoms with Crippen LogP contribution in [0.15, 0.2) is 42.5 Å². The van der Waals surface area contributed by atoms with Gasteiger partial charge in [0.15, 0.2) is 0 Å². The summed E-state index contributed by atoms with van der Waals surface area (Å²) >= 11 is 0. The normalized spacial score (nSPS) is 10.2. The first kappa shape index (κ1) is 13.0. The molecule has 5 heteroatoms. The van der Waals surface area contributed by atoms with Gasteiger partial charge in [-0.25, -0.2) is 8.78 Å². The summed E-state index contributed by atoms with van der Waals surface area (Å²) in [6, 6.07) is 10.1. The van der Waals surface area contributed by atoms with E-state index in [1.807, 2.05) is 0 Å². The molecule has 0 atom stereocenters. The molecule has 0 aliphatic rings. The molecule has 2 aromatic carbocycles. The van der Waals surface area contributed by atoms with Gasteiger partial charge in [-0.2, -0.15) is 0 Å². The van der Waals surface area contributed by atoms with Crippen LogP contribution in [0.25, 0.3) is 0 Å². The van der Waals surface area contributed by atoms with E-state index in [9.17, 15) is 8.78 Å². The fraction of sp³-hybridized carbons (Fsp3) is 0.0714. The zero-order chi connectivity index (χ0) is 13.8. The van der Waals surface area contributed by atoms with E-state index >= 15 is 0 Å². The fourth-order valence-electron chi connectivity index (χ4n) is 1.62. The molecule has 0 saturated carbocycles. The molecule has 0 aliphatic heterocycles. The van der Waals surface area contributed by atoms with Crippen LogP contribution in [0, 0.1) is 17.0 Å². The Morgan fingerprint density at radius 2 is 1.89 bits per heavy atom. The molecule has 2 aromatic rings. The maximum atomic E-state index is 13.9. The molecule has 0 saturated heterocycles. The fourth-order valence-corrected chi connectivity index (χ4v) is 1.62. The molecule has 3 nitrogen and oxygen atoms in total. The maximum Gasteiger partial charge on any atom is 0.140 e. The summed E-state index contributed by atoms with van der Waals surface area (Å²) in [5.41, 5.74) is 5.55. The van der Waals surface area contributed by atoms with Crippen molar-refractivity contribution in [2.75, 3.05) is 0 Å². The zero-order valence-corrected chi connectivity index (χ0v) is 9.99. The molecular formula is C14H12F2N2O. The largest absolute Gasteiger partial charge is 0.489 e. The van der Waals surface area contributed by atoms with Crippen molar-refractivity contribution in [2.45, 2.75) is 6.61 Å². The number of nitrogen functional groups attached to an aromatic ring is 1. The molecule has 98 valence electrons. The second-order valence-electron chi connectivity index (χ2n) is 3.94. The summed E-state index contributed by atoms with van der Waals surface area (Å²) in [6.07, 6.45) is 0. The van der Waals surface area contributed by atoms with Crippen LogP contribution in [0.4, 0.5) is 8.78 Å². The Hall–Kier alpha value is -2.43. The number of hydrogen-bond acceptors (Lipinski definition) is 2. The monoisotopic (exact) mass is 262 g/mol. The molecule has 0 radical (unpaired) electrons. The van der Waals surface area contributed by atoms with Crippen molar-refractivity contribution in [2.24, 2.45) is 5.73 Å². The SMILES string of the molecule is N=C(N)c1cccc(COc2cccc(F)c2)c1F. The van der Waals surface area contributed by atoms with Crippen LogP contribution in [0.2, 0.25) is 0 Å². The van der Waals surface area contributed by atoms with Gasteiger partial charge >= 0.3 is 0 Å². The summed E-state index contributed by atoms with van der Waals surface area (Å²) in [7, 11) is 0. The lowest BCUT2D eigenvalue weighted by Crippen LogP contribution is -2.14. The second-order valence-corrected chi connectivity index (χ2v) is 3.94. The van der Waals surface area contributed by atoms with E-state index in [4.69, 9.17) is 15.9 Å². The van der Waals surface area contributed by atoms with Crippen LogP contribution < -0.4 is 10.5 Å². The van der Waals surface area contributed by atoms with Crippen molar-refractivity contribution in [3.8, 4) is 5.75 Å². The Kier molecular flexibility index (Phi) is 3.75. The van der Waals surface area contributed by atoms with E-state index in [1.54, 1.807) is 12.1 Å². The van der Waals surface area contributed by atoms with E-state index < -0.39 is 11.6 Å². The lowest BCUT2D eigenvalue weighted by Gasteiger charge is -2.09. The molecule has 19 heavy (non-hydrogen) atoms. The molecule has 0 aromatic heterocycles. The van der Waals surface area contributed by atoms with E-state index in [2.05, 4.69) is 0 Å². The van der Waals surface area contributed by atoms with Gasteiger partial charge in [-0.05, 0) is 18.2 Å². The van der Waals surface area contributed by atoms with Gasteiger partial charge in [-0.15, -0.1) is 0 Å². The summed E-state index contributed by atoms with van der Waals surface area (Å²) in [5.74, 6) is -1.04. The number of hydrogen-bond donors (Lipinski definition) is 2. The number of benzene rings is 2. The molecular weight excluding hydrogens is 250 g/mol. The second kappa shape index (κ2) is 5.48. The molecule has 0 spiro atoms. The third-order valence-corrected chi connectivity index (χ3v) is 2.56. The number of rotatable bonds is 4. The van der Waals surface area contributed by atoms with Gasteiger partial charge in [-0.1, -0.05) is 18.2 Å². The average Bonchev–Trinajstić information content (AvgIpc) is 2.37. The third kappa shape index (κ3) is 3.07. The van der Waals surface area contributed by atoms with Gasteiger partial charge in [0, 0.05) is 11.6 Å². The van der Waals surface area contributed by atoms with E-state index in [0.29, 0.717) is 5.75 Å². The van der Waals surface area contributed by atoms with Crippen molar-refractivity contribution < 1.29 is 13.5 Å². The summed E-state index contributed by atoms with van der Waals surface area (Å²) in [4.78, 5) is 0. The smallest absolute Gasteiger partial charge is 0.140 e. The summed E-state index contributed by atoms with van der Waals surface area (Å²) in [5, 5.41) is 7.24. The lowest BCUT2D eigenvalue weighted by molar-refractivity contribution is 0.298. The number of nitrogens with one attached hydrogen (secondary N) is 1. The van der Waals surface area contributed by atoms with Gasteiger partial charge in [0.05, 0.1) is 5.56 Å². The van der Waals surface area contributed by atoms with Crippen molar-refractivity contribution in [3.05, 3.63) is 65.2 Å².